The van der Waals surface area contributed by atoms with E-state index >= 15 is 0 Å². The van der Waals surface area contributed by atoms with Crippen LogP contribution in [0, 0.1) is 5.92 Å². The Hall–Kier alpha value is -2.37. The van der Waals surface area contributed by atoms with Crippen molar-refractivity contribution in [2.45, 2.75) is 25.0 Å². The Bertz CT molecular complexity index is 847. The van der Waals surface area contributed by atoms with Crippen molar-refractivity contribution in [3.05, 3.63) is 64.4 Å². The second kappa shape index (κ2) is 7.09. The molecule has 1 aliphatic carbocycles. The minimum atomic E-state index is -0.297. The van der Waals surface area contributed by atoms with E-state index in [0.717, 1.165) is 11.3 Å². The van der Waals surface area contributed by atoms with Crippen molar-refractivity contribution in [3.8, 4) is 5.75 Å². The molecule has 0 saturated heterocycles. The molecule has 0 unspecified atom stereocenters. The number of hydrogen-bond donors (Lipinski definition) is 2. The lowest BCUT2D eigenvalue weighted by molar-refractivity contribution is -0.119. The quantitative estimate of drug-likeness (QED) is 0.867. The Morgan fingerprint density at radius 2 is 2.15 bits per heavy atom. The number of carbonyl (C=O) groups excluding carboxylic acids is 1. The van der Waals surface area contributed by atoms with Crippen LogP contribution in [0.2, 0.25) is 5.02 Å². The number of aliphatic hydroxyl groups excluding tert-OH is 1. The molecule has 0 bridgehead atoms. The molecule has 1 atom stereocenters. The number of amides is 1. The minimum absolute atomic E-state index is 0.177. The first-order chi connectivity index (χ1) is 12.6. The van der Waals surface area contributed by atoms with Crippen LogP contribution in [0.5, 0.6) is 5.75 Å². The van der Waals surface area contributed by atoms with Gasteiger partial charge in [-0.05, 0) is 55.2 Å². The fraction of sp³-hybridized carbons (Fsp3) is 0.300. The summed E-state index contributed by atoms with van der Waals surface area (Å²) in [5.74, 6) is 0.706. The first kappa shape index (κ1) is 17.1. The summed E-state index contributed by atoms with van der Waals surface area (Å²) in [4.78, 5) is 17.2. The second-order valence-electron chi connectivity index (χ2n) is 6.73. The molecular formula is C20H19ClN2O3. The van der Waals surface area contributed by atoms with Crippen molar-refractivity contribution in [2.24, 2.45) is 5.92 Å². The van der Waals surface area contributed by atoms with E-state index in [4.69, 9.17) is 16.3 Å². The van der Waals surface area contributed by atoms with E-state index in [-0.39, 0.29) is 30.6 Å². The van der Waals surface area contributed by atoms with E-state index in [9.17, 15) is 9.90 Å². The number of pyridine rings is 1. The third-order valence-electron chi connectivity index (χ3n) is 4.89. The molecule has 1 fully saturated rings. The van der Waals surface area contributed by atoms with E-state index in [0.29, 0.717) is 29.2 Å². The van der Waals surface area contributed by atoms with Gasteiger partial charge in [-0.3, -0.25) is 9.78 Å². The van der Waals surface area contributed by atoms with Crippen LogP contribution in [-0.2, 0) is 4.79 Å². The summed E-state index contributed by atoms with van der Waals surface area (Å²) in [7, 11) is 0. The fourth-order valence-electron chi connectivity index (χ4n) is 3.41. The SMILES string of the molecule is O=C(N[C@H](c1ccccn1)C1CC(O)C1)C1=Cc2cc(Cl)ccc2OC1. The molecule has 5 nitrogen and oxygen atoms in total. The molecule has 134 valence electrons. The smallest absolute Gasteiger partial charge is 0.251 e. The Morgan fingerprint density at radius 3 is 2.88 bits per heavy atom. The topological polar surface area (TPSA) is 71.5 Å². The molecule has 0 spiro atoms. The summed E-state index contributed by atoms with van der Waals surface area (Å²) >= 11 is 6.03. The summed E-state index contributed by atoms with van der Waals surface area (Å²) in [6, 6.07) is 10.8. The van der Waals surface area contributed by atoms with Crippen LogP contribution < -0.4 is 10.1 Å². The predicted octanol–water partition coefficient (Wildman–Crippen LogP) is 3.14. The van der Waals surface area contributed by atoms with Crippen LogP contribution in [-0.4, -0.2) is 28.7 Å². The van der Waals surface area contributed by atoms with E-state index in [1.165, 1.54) is 0 Å². The monoisotopic (exact) mass is 370 g/mol. The van der Waals surface area contributed by atoms with Gasteiger partial charge in [0.05, 0.1) is 23.4 Å². The Balaban J connectivity index is 1.55. The zero-order valence-electron chi connectivity index (χ0n) is 14.1. The van der Waals surface area contributed by atoms with Gasteiger partial charge in [-0.1, -0.05) is 17.7 Å². The normalized spacial score (nSPS) is 22.3. The number of halogens is 1. The maximum Gasteiger partial charge on any atom is 0.251 e. The van der Waals surface area contributed by atoms with Crippen LogP contribution in [0.25, 0.3) is 6.08 Å². The zero-order chi connectivity index (χ0) is 18.1. The van der Waals surface area contributed by atoms with Crippen molar-refractivity contribution in [1.82, 2.24) is 10.3 Å². The van der Waals surface area contributed by atoms with Gasteiger partial charge in [0.15, 0.2) is 0 Å². The standard InChI is InChI=1S/C20H19ClN2O3/c21-15-4-5-18-12(8-15)7-14(11-26-18)20(25)23-19(13-9-16(24)10-13)17-3-1-2-6-22-17/h1-8,13,16,19,24H,9-11H2,(H,23,25)/t13?,16?,19-/m0/s1. The van der Waals surface area contributed by atoms with Gasteiger partial charge in [-0.15, -0.1) is 0 Å². The third kappa shape index (κ3) is 3.45. The number of carbonyl (C=O) groups is 1. The van der Waals surface area contributed by atoms with Crippen LogP contribution in [0.1, 0.15) is 30.1 Å². The first-order valence-electron chi connectivity index (χ1n) is 8.63. The molecule has 4 rings (SSSR count). The summed E-state index contributed by atoms with van der Waals surface area (Å²) in [5.41, 5.74) is 2.14. The number of nitrogens with one attached hydrogen (secondary N) is 1. The molecular weight excluding hydrogens is 352 g/mol. The average molecular weight is 371 g/mol. The van der Waals surface area contributed by atoms with Gasteiger partial charge in [-0.25, -0.2) is 0 Å². The molecule has 0 radical (unpaired) electrons. The van der Waals surface area contributed by atoms with E-state index < -0.39 is 0 Å². The number of benzene rings is 1. The molecule has 1 aromatic heterocycles. The molecule has 1 saturated carbocycles. The second-order valence-corrected chi connectivity index (χ2v) is 7.17. The highest BCUT2D eigenvalue weighted by molar-refractivity contribution is 6.30. The molecule has 1 aliphatic heterocycles. The van der Waals surface area contributed by atoms with Gasteiger partial charge < -0.3 is 15.2 Å². The average Bonchev–Trinajstić information content (AvgIpc) is 2.63. The number of fused-ring (bicyclic) bond motifs is 1. The first-order valence-corrected chi connectivity index (χ1v) is 9.01. The molecule has 1 amide bonds. The maximum absolute atomic E-state index is 12.8. The highest BCUT2D eigenvalue weighted by Crippen LogP contribution is 2.38. The summed E-state index contributed by atoms with van der Waals surface area (Å²) in [6.07, 6.45) is 4.55. The predicted molar refractivity (Wildman–Crippen MR) is 98.8 cm³/mol. The van der Waals surface area contributed by atoms with E-state index in [1.807, 2.05) is 24.3 Å². The fourth-order valence-corrected chi connectivity index (χ4v) is 3.59. The Morgan fingerprint density at radius 1 is 1.31 bits per heavy atom. The lowest BCUT2D eigenvalue weighted by atomic mass is 9.76. The summed E-state index contributed by atoms with van der Waals surface area (Å²) < 4.78 is 5.67. The zero-order valence-corrected chi connectivity index (χ0v) is 14.8. The van der Waals surface area contributed by atoms with E-state index in [2.05, 4.69) is 10.3 Å². The van der Waals surface area contributed by atoms with Crippen LogP contribution in [0.15, 0.2) is 48.2 Å². The van der Waals surface area contributed by atoms with Crippen molar-refractivity contribution < 1.29 is 14.6 Å². The van der Waals surface area contributed by atoms with Crippen LogP contribution in [0.3, 0.4) is 0 Å². The molecule has 6 heteroatoms. The Kier molecular flexibility index (Phi) is 4.66. The minimum Gasteiger partial charge on any atom is -0.488 e. The molecule has 2 N–H and O–H groups in total. The number of nitrogens with zero attached hydrogens (tertiary/aromatic N) is 1. The van der Waals surface area contributed by atoms with Crippen LogP contribution in [0.4, 0.5) is 0 Å². The largest absolute Gasteiger partial charge is 0.488 e. The number of rotatable bonds is 4. The third-order valence-corrected chi connectivity index (χ3v) is 5.13. The molecule has 2 heterocycles. The number of aromatic nitrogens is 1. The van der Waals surface area contributed by atoms with Crippen molar-refractivity contribution in [3.63, 3.8) is 0 Å². The summed E-state index contributed by atoms with van der Waals surface area (Å²) in [6.45, 7) is 0.211. The van der Waals surface area contributed by atoms with Gasteiger partial charge in [0, 0.05) is 16.8 Å². The van der Waals surface area contributed by atoms with Gasteiger partial charge in [0.1, 0.15) is 12.4 Å². The lowest BCUT2D eigenvalue weighted by Gasteiger charge is -2.38. The number of ether oxygens (including phenoxy) is 1. The highest BCUT2D eigenvalue weighted by Gasteiger charge is 2.36. The van der Waals surface area contributed by atoms with Gasteiger partial charge in [0.2, 0.25) is 0 Å². The highest BCUT2D eigenvalue weighted by atomic mass is 35.5. The van der Waals surface area contributed by atoms with Crippen molar-refractivity contribution in [2.75, 3.05) is 6.61 Å². The van der Waals surface area contributed by atoms with Gasteiger partial charge in [0.25, 0.3) is 5.91 Å². The molecule has 26 heavy (non-hydrogen) atoms. The van der Waals surface area contributed by atoms with E-state index in [1.54, 1.807) is 24.4 Å². The molecule has 2 aromatic rings. The lowest BCUT2D eigenvalue weighted by Crippen LogP contribution is -2.42. The maximum atomic E-state index is 12.8. The summed E-state index contributed by atoms with van der Waals surface area (Å²) in [5, 5.41) is 13.3. The van der Waals surface area contributed by atoms with Crippen LogP contribution >= 0.6 is 11.6 Å². The number of hydrogen-bond acceptors (Lipinski definition) is 4. The Labute approximate surface area is 156 Å². The van der Waals surface area contributed by atoms with Gasteiger partial charge >= 0.3 is 0 Å². The number of aliphatic hydroxyl groups is 1. The van der Waals surface area contributed by atoms with Crippen molar-refractivity contribution >= 4 is 23.6 Å². The molecule has 2 aliphatic rings. The van der Waals surface area contributed by atoms with Crippen molar-refractivity contribution in [1.29, 1.82) is 0 Å². The molecule has 1 aromatic carbocycles. The van der Waals surface area contributed by atoms with Gasteiger partial charge in [-0.2, -0.15) is 0 Å².